The molecule has 5 nitrogen and oxygen atoms in total. The lowest BCUT2D eigenvalue weighted by Crippen LogP contribution is -2.23. The zero-order chi connectivity index (χ0) is 17.9. The van der Waals surface area contributed by atoms with Gasteiger partial charge in [0.1, 0.15) is 12.4 Å². The van der Waals surface area contributed by atoms with Crippen molar-refractivity contribution in [2.24, 2.45) is 5.10 Å². The standard InChI is InChI=1S/C21H18N4O/c1-15-23-19-8-4-5-9-20(19)25(15)14-21(26)24-22-13-16-10-11-17-6-2-3-7-18(17)12-16/h2-13H,14H2,1H3,(H,24,26)/b22-13+. The number of aromatic nitrogens is 2. The molecule has 0 aliphatic carbocycles. The number of carbonyl (C=O) groups excluding carboxylic acids is 1. The van der Waals surface area contributed by atoms with Crippen LogP contribution in [-0.4, -0.2) is 21.7 Å². The number of imidazole rings is 1. The average molecular weight is 342 g/mol. The molecule has 3 aromatic carbocycles. The molecule has 0 unspecified atom stereocenters. The Hall–Kier alpha value is -3.47. The topological polar surface area (TPSA) is 59.3 Å². The van der Waals surface area contributed by atoms with E-state index in [2.05, 4.69) is 27.6 Å². The molecule has 0 saturated heterocycles. The first-order valence-electron chi connectivity index (χ1n) is 8.43. The molecule has 26 heavy (non-hydrogen) atoms. The van der Waals surface area contributed by atoms with Crippen LogP contribution in [0.15, 0.2) is 71.8 Å². The minimum atomic E-state index is -0.187. The monoisotopic (exact) mass is 342 g/mol. The van der Waals surface area contributed by atoms with Crippen molar-refractivity contribution < 1.29 is 4.79 Å². The Balaban J connectivity index is 1.46. The van der Waals surface area contributed by atoms with Gasteiger partial charge in [0.2, 0.25) is 0 Å². The van der Waals surface area contributed by atoms with Crippen molar-refractivity contribution in [2.45, 2.75) is 13.5 Å². The summed E-state index contributed by atoms with van der Waals surface area (Å²) in [4.78, 5) is 16.7. The van der Waals surface area contributed by atoms with Crippen LogP contribution in [-0.2, 0) is 11.3 Å². The van der Waals surface area contributed by atoms with E-state index in [0.29, 0.717) is 0 Å². The number of rotatable bonds is 4. The predicted molar refractivity (Wildman–Crippen MR) is 104 cm³/mol. The number of hydrogen-bond donors (Lipinski definition) is 1. The SMILES string of the molecule is Cc1nc2ccccc2n1CC(=O)N/N=C/c1ccc2ccccc2c1. The van der Waals surface area contributed by atoms with Crippen molar-refractivity contribution >= 4 is 33.9 Å². The Labute approximate surface area is 151 Å². The van der Waals surface area contributed by atoms with Crippen LogP contribution in [0.5, 0.6) is 0 Å². The molecule has 4 aromatic rings. The number of fused-ring (bicyclic) bond motifs is 2. The van der Waals surface area contributed by atoms with Crippen LogP contribution in [0, 0.1) is 6.92 Å². The summed E-state index contributed by atoms with van der Waals surface area (Å²) < 4.78 is 1.89. The summed E-state index contributed by atoms with van der Waals surface area (Å²) in [6.45, 7) is 2.08. The van der Waals surface area contributed by atoms with Crippen LogP contribution in [0.2, 0.25) is 0 Å². The van der Waals surface area contributed by atoms with E-state index in [9.17, 15) is 4.79 Å². The van der Waals surface area contributed by atoms with Crippen LogP contribution in [0.1, 0.15) is 11.4 Å². The van der Waals surface area contributed by atoms with Gasteiger partial charge in [-0.05, 0) is 41.5 Å². The molecule has 0 bridgehead atoms. The number of para-hydroxylation sites is 2. The Kier molecular flexibility index (Phi) is 4.19. The van der Waals surface area contributed by atoms with Crippen molar-refractivity contribution in [3.05, 3.63) is 78.1 Å². The van der Waals surface area contributed by atoms with Gasteiger partial charge in [-0.2, -0.15) is 5.10 Å². The van der Waals surface area contributed by atoms with Gasteiger partial charge in [-0.15, -0.1) is 0 Å². The number of benzene rings is 3. The van der Waals surface area contributed by atoms with Gasteiger partial charge in [-0.25, -0.2) is 10.4 Å². The highest BCUT2D eigenvalue weighted by Gasteiger charge is 2.09. The number of amides is 1. The smallest absolute Gasteiger partial charge is 0.260 e. The van der Waals surface area contributed by atoms with Crippen LogP contribution in [0.25, 0.3) is 21.8 Å². The Morgan fingerprint density at radius 3 is 2.73 bits per heavy atom. The van der Waals surface area contributed by atoms with Gasteiger partial charge in [-0.1, -0.05) is 48.5 Å². The number of aryl methyl sites for hydroxylation is 1. The third kappa shape index (κ3) is 3.19. The van der Waals surface area contributed by atoms with E-state index in [1.807, 2.05) is 66.1 Å². The lowest BCUT2D eigenvalue weighted by molar-refractivity contribution is -0.121. The molecular formula is C21H18N4O. The summed E-state index contributed by atoms with van der Waals surface area (Å²) >= 11 is 0. The first-order valence-corrected chi connectivity index (χ1v) is 8.43. The largest absolute Gasteiger partial charge is 0.319 e. The molecular weight excluding hydrogens is 324 g/mol. The first kappa shape index (κ1) is 16.0. The second kappa shape index (κ2) is 6.80. The molecule has 0 aliphatic heterocycles. The molecule has 1 heterocycles. The van der Waals surface area contributed by atoms with E-state index in [4.69, 9.17) is 0 Å². The highest BCUT2D eigenvalue weighted by atomic mass is 16.2. The minimum absolute atomic E-state index is 0.182. The lowest BCUT2D eigenvalue weighted by atomic mass is 10.1. The summed E-state index contributed by atoms with van der Waals surface area (Å²) in [6, 6.07) is 22.0. The molecule has 0 aliphatic rings. The highest BCUT2D eigenvalue weighted by Crippen LogP contribution is 2.15. The van der Waals surface area contributed by atoms with Gasteiger partial charge in [-0.3, -0.25) is 4.79 Å². The lowest BCUT2D eigenvalue weighted by Gasteiger charge is -2.05. The highest BCUT2D eigenvalue weighted by molar-refractivity contribution is 5.91. The molecule has 0 atom stereocenters. The third-order valence-corrected chi connectivity index (χ3v) is 4.32. The van der Waals surface area contributed by atoms with E-state index < -0.39 is 0 Å². The minimum Gasteiger partial charge on any atom is -0.319 e. The number of hydrazone groups is 1. The van der Waals surface area contributed by atoms with Crippen LogP contribution >= 0.6 is 0 Å². The van der Waals surface area contributed by atoms with E-state index in [1.165, 1.54) is 5.39 Å². The van der Waals surface area contributed by atoms with Crippen LogP contribution in [0.3, 0.4) is 0 Å². The maximum atomic E-state index is 12.2. The molecule has 1 aromatic heterocycles. The summed E-state index contributed by atoms with van der Waals surface area (Å²) in [5, 5.41) is 6.40. The van der Waals surface area contributed by atoms with E-state index in [1.54, 1.807) is 6.21 Å². The zero-order valence-corrected chi connectivity index (χ0v) is 14.4. The Bertz CT molecular complexity index is 1130. The fourth-order valence-electron chi connectivity index (χ4n) is 3.04. The van der Waals surface area contributed by atoms with Gasteiger partial charge in [0.25, 0.3) is 5.91 Å². The van der Waals surface area contributed by atoms with Gasteiger partial charge in [0.15, 0.2) is 0 Å². The van der Waals surface area contributed by atoms with Crippen molar-refractivity contribution in [3.8, 4) is 0 Å². The summed E-state index contributed by atoms with van der Waals surface area (Å²) in [5.41, 5.74) is 5.36. The first-order chi connectivity index (χ1) is 12.7. The summed E-state index contributed by atoms with van der Waals surface area (Å²) in [7, 11) is 0. The maximum Gasteiger partial charge on any atom is 0.260 e. The van der Waals surface area contributed by atoms with E-state index in [-0.39, 0.29) is 12.5 Å². The van der Waals surface area contributed by atoms with Crippen molar-refractivity contribution in [1.29, 1.82) is 0 Å². The van der Waals surface area contributed by atoms with Gasteiger partial charge >= 0.3 is 0 Å². The fourth-order valence-corrected chi connectivity index (χ4v) is 3.04. The summed E-state index contributed by atoms with van der Waals surface area (Å²) in [5.74, 6) is 0.619. The Morgan fingerprint density at radius 1 is 1.08 bits per heavy atom. The van der Waals surface area contributed by atoms with Crippen molar-refractivity contribution in [2.75, 3.05) is 0 Å². The van der Waals surface area contributed by atoms with Crippen molar-refractivity contribution in [1.82, 2.24) is 15.0 Å². The molecule has 1 N–H and O–H groups in total. The summed E-state index contributed by atoms with van der Waals surface area (Å²) in [6.07, 6.45) is 1.66. The predicted octanol–water partition coefficient (Wildman–Crippen LogP) is 3.65. The van der Waals surface area contributed by atoms with Crippen molar-refractivity contribution in [3.63, 3.8) is 0 Å². The second-order valence-corrected chi connectivity index (χ2v) is 6.13. The molecule has 0 spiro atoms. The normalized spacial score (nSPS) is 11.4. The molecule has 0 radical (unpaired) electrons. The zero-order valence-electron chi connectivity index (χ0n) is 14.4. The molecule has 1 amide bonds. The quantitative estimate of drug-likeness (QED) is 0.455. The Morgan fingerprint density at radius 2 is 1.85 bits per heavy atom. The third-order valence-electron chi connectivity index (χ3n) is 4.32. The molecule has 0 fully saturated rings. The molecule has 0 saturated carbocycles. The van der Waals surface area contributed by atoms with Gasteiger partial charge < -0.3 is 4.57 Å². The van der Waals surface area contributed by atoms with Crippen LogP contribution in [0.4, 0.5) is 0 Å². The average Bonchev–Trinajstić information content (AvgIpc) is 2.97. The number of hydrogen-bond acceptors (Lipinski definition) is 3. The van der Waals surface area contributed by atoms with Crippen LogP contribution < -0.4 is 5.43 Å². The molecule has 4 rings (SSSR count). The number of nitrogens with zero attached hydrogens (tertiary/aromatic N) is 3. The second-order valence-electron chi connectivity index (χ2n) is 6.13. The number of carbonyl (C=O) groups is 1. The molecule has 128 valence electrons. The van der Waals surface area contributed by atoms with E-state index in [0.717, 1.165) is 27.8 Å². The van der Waals surface area contributed by atoms with Gasteiger partial charge in [0, 0.05) is 0 Å². The van der Waals surface area contributed by atoms with E-state index >= 15 is 0 Å². The molecule has 5 heteroatoms. The van der Waals surface area contributed by atoms with Gasteiger partial charge in [0.05, 0.1) is 17.2 Å². The maximum absolute atomic E-state index is 12.2. The number of nitrogens with one attached hydrogen (secondary N) is 1. The fraction of sp³-hybridized carbons (Fsp3) is 0.0952.